The van der Waals surface area contributed by atoms with Gasteiger partial charge in [0.15, 0.2) is 0 Å². The number of hydrogen-bond donors (Lipinski definition) is 1. The third kappa shape index (κ3) is 6.18. The number of hydrogen-bond acceptors (Lipinski definition) is 3. The number of ether oxygens (including phenoxy) is 1. The van der Waals surface area contributed by atoms with Gasteiger partial charge in [0.25, 0.3) is 5.91 Å². The van der Waals surface area contributed by atoms with Gasteiger partial charge in [0.1, 0.15) is 24.0 Å². The molecule has 1 amide bonds. The highest BCUT2D eigenvalue weighted by Gasteiger charge is 2.13. The predicted octanol–water partition coefficient (Wildman–Crippen LogP) is 6.80. The first-order valence-electron chi connectivity index (χ1n) is 9.53. The van der Waals surface area contributed by atoms with E-state index in [1.54, 1.807) is 6.08 Å². The Morgan fingerprint density at radius 3 is 2.55 bits per heavy atom. The van der Waals surface area contributed by atoms with Crippen LogP contribution in [-0.2, 0) is 11.4 Å². The molecule has 0 fully saturated rings. The lowest BCUT2D eigenvalue weighted by Crippen LogP contribution is -2.14. The number of amides is 1. The molecule has 31 heavy (non-hydrogen) atoms. The highest BCUT2D eigenvalue weighted by atomic mass is 127. The molecule has 4 nitrogen and oxygen atoms in total. The van der Waals surface area contributed by atoms with E-state index in [0.717, 1.165) is 36.0 Å². The van der Waals surface area contributed by atoms with E-state index in [1.807, 2.05) is 80.6 Å². The van der Waals surface area contributed by atoms with Crippen molar-refractivity contribution in [2.75, 3.05) is 5.32 Å². The lowest BCUT2D eigenvalue weighted by Gasteiger charge is -2.12. The fraction of sp³-hybridized carbons (Fsp3) is 0.120. The largest absolute Gasteiger partial charge is 0.487 e. The van der Waals surface area contributed by atoms with Gasteiger partial charge in [-0.2, -0.15) is 5.26 Å². The molecule has 0 saturated heterocycles. The van der Waals surface area contributed by atoms with Crippen LogP contribution in [0.1, 0.15) is 22.3 Å². The van der Waals surface area contributed by atoms with Crippen LogP contribution in [0.2, 0.25) is 0 Å². The molecule has 0 spiro atoms. The van der Waals surface area contributed by atoms with Crippen molar-refractivity contribution >= 4 is 56.2 Å². The van der Waals surface area contributed by atoms with Crippen LogP contribution in [0.25, 0.3) is 6.08 Å². The maximum absolute atomic E-state index is 12.6. The Balaban J connectivity index is 1.79. The van der Waals surface area contributed by atoms with Gasteiger partial charge in [0.2, 0.25) is 0 Å². The maximum Gasteiger partial charge on any atom is 0.266 e. The predicted molar refractivity (Wildman–Crippen MR) is 136 cm³/mol. The van der Waals surface area contributed by atoms with Crippen LogP contribution in [0.4, 0.5) is 5.69 Å². The molecule has 3 aromatic carbocycles. The molecular weight excluding hydrogens is 567 g/mol. The van der Waals surface area contributed by atoms with Gasteiger partial charge in [0.05, 0.1) is 8.04 Å². The summed E-state index contributed by atoms with van der Waals surface area (Å²) in [6.45, 7) is 4.37. The molecule has 6 heteroatoms. The van der Waals surface area contributed by atoms with Gasteiger partial charge in [-0.25, -0.2) is 0 Å². The first-order chi connectivity index (χ1) is 14.9. The lowest BCUT2D eigenvalue weighted by molar-refractivity contribution is -0.112. The Hall–Kier alpha value is -2.63. The van der Waals surface area contributed by atoms with Crippen molar-refractivity contribution in [2.24, 2.45) is 0 Å². The monoisotopic (exact) mass is 586 g/mol. The second-order valence-electron chi connectivity index (χ2n) is 7.03. The van der Waals surface area contributed by atoms with Gasteiger partial charge in [-0.3, -0.25) is 4.79 Å². The van der Waals surface area contributed by atoms with Crippen molar-refractivity contribution in [2.45, 2.75) is 20.5 Å². The van der Waals surface area contributed by atoms with Gasteiger partial charge in [0, 0.05) is 5.69 Å². The van der Waals surface area contributed by atoms with Crippen LogP contribution in [0.5, 0.6) is 5.75 Å². The molecule has 0 bridgehead atoms. The number of nitrogens with one attached hydrogen (secondary N) is 1. The Bertz CT molecular complexity index is 1160. The molecular formula is C25H20BrIN2O2. The molecule has 3 aromatic rings. The summed E-state index contributed by atoms with van der Waals surface area (Å²) in [5.41, 5.74) is 4.58. The van der Waals surface area contributed by atoms with Crippen LogP contribution < -0.4 is 10.1 Å². The molecule has 0 aliphatic carbocycles. The zero-order valence-electron chi connectivity index (χ0n) is 17.1. The normalized spacial score (nSPS) is 11.0. The van der Waals surface area contributed by atoms with E-state index in [9.17, 15) is 10.1 Å². The number of benzene rings is 3. The van der Waals surface area contributed by atoms with Crippen LogP contribution in [0.15, 0.2) is 70.7 Å². The molecule has 0 unspecified atom stereocenters. The summed E-state index contributed by atoms with van der Waals surface area (Å²) >= 11 is 5.74. The minimum absolute atomic E-state index is 0.0284. The number of halogens is 2. The molecule has 3 rings (SSSR count). The van der Waals surface area contributed by atoms with Crippen molar-refractivity contribution in [3.05, 3.63) is 96.5 Å². The summed E-state index contributed by atoms with van der Waals surface area (Å²) in [6.07, 6.45) is 1.58. The molecule has 0 heterocycles. The van der Waals surface area contributed by atoms with Gasteiger partial charge < -0.3 is 10.1 Å². The fourth-order valence-corrected chi connectivity index (χ4v) is 4.76. The van der Waals surface area contributed by atoms with Gasteiger partial charge in [-0.1, -0.05) is 48.0 Å². The number of nitrogens with zero attached hydrogens (tertiary/aromatic N) is 1. The zero-order chi connectivity index (χ0) is 22.4. The van der Waals surface area contributed by atoms with Gasteiger partial charge in [-0.05, 0) is 93.3 Å². The average Bonchev–Trinajstić information content (AvgIpc) is 2.74. The number of carbonyl (C=O) groups excluding carboxylic acids is 1. The number of carbonyl (C=O) groups is 1. The van der Waals surface area contributed by atoms with Crippen LogP contribution >= 0.6 is 38.5 Å². The van der Waals surface area contributed by atoms with E-state index in [-0.39, 0.29) is 5.57 Å². The number of nitriles is 1. The Morgan fingerprint density at radius 2 is 1.90 bits per heavy atom. The third-order valence-corrected chi connectivity index (χ3v) is 5.94. The molecule has 0 radical (unpaired) electrons. The standard InChI is InChI=1S/C25H20BrIN2O2/c1-16-8-9-23(17(2)10-16)29-25(30)20(14-28)11-19-12-21(26)24(22(27)13-19)31-15-18-6-4-3-5-7-18/h3-13H,15H2,1-2H3,(H,29,30)/b20-11+. The summed E-state index contributed by atoms with van der Waals surface area (Å²) in [5.74, 6) is 0.282. The van der Waals surface area contributed by atoms with Crippen molar-refractivity contribution in [3.63, 3.8) is 0 Å². The van der Waals surface area contributed by atoms with E-state index in [1.165, 1.54) is 0 Å². The highest BCUT2D eigenvalue weighted by molar-refractivity contribution is 14.1. The molecule has 0 aromatic heterocycles. The van der Waals surface area contributed by atoms with Crippen LogP contribution in [0.3, 0.4) is 0 Å². The van der Waals surface area contributed by atoms with Gasteiger partial charge >= 0.3 is 0 Å². The second kappa shape index (κ2) is 10.6. The second-order valence-corrected chi connectivity index (χ2v) is 9.05. The lowest BCUT2D eigenvalue weighted by atomic mass is 10.1. The smallest absolute Gasteiger partial charge is 0.266 e. The first-order valence-corrected chi connectivity index (χ1v) is 11.4. The molecule has 1 N–H and O–H groups in total. The molecule has 0 atom stereocenters. The number of aryl methyl sites for hydroxylation is 2. The minimum atomic E-state index is -0.440. The molecule has 156 valence electrons. The minimum Gasteiger partial charge on any atom is -0.487 e. The Morgan fingerprint density at radius 1 is 1.16 bits per heavy atom. The molecule has 0 aliphatic rings. The van der Waals surface area contributed by atoms with E-state index in [2.05, 4.69) is 43.8 Å². The summed E-state index contributed by atoms with van der Waals surface area (Å²) in [6, 6.07) is 21.4. The number of anilines is 1. The fourth-order valence-electron chi connectivity index (χ4n) is 2.99. The molecule has 0 aliphatic heterocycles. The van der Waals surface area contributed by atoms with Crippen molar-refractivity contribution in [1.82, 2.24) is 0 Å². The number of rotatable bonds is 6. The van der Waals surface area contributed by atoms with Gasteiger partial charge in [-0.15, -0.1) is 0 Å². The third-order valence-electron chi connectivity index (χ3n) is 4.55. The van der Waals surface area contributed by atoms with Crippen molar-refractivity contribution < 1.29 is 9.53 Å². The first kappa shape index (κ1) is 23.0. The quantitative estimate of drug-likeness (QED) is 0.196. The SMILES string of the molecule is Cc1ccc(NC(=O)/C(C#N)=C/c2cc(Br)c(OCc3ccccc3)c(I)c2)c(C)c1. The van der Waals surface area contributed by atoms with E-state index in [0.29, 0.717) is 12.3 Å². The summed E-state index contributed by atoms with van der Waals surface area (Å²) in [4.78, 5) is 12.6. The zero-order valence-corrected chi connectivity index (χ0v) is 20.8. The molecule has 0 saturated carbocycles. The summed E-state index contributed by atoms with van der Waals surface area (Å²) in [7, 11) is 0. The Labute approximate surface area is 204 Å². The average molecular weight is 587 g/mol. The summed E-state index contributed by atoms with van der Waals surface area (Å²) in [5, 5.41) is 12.4. The van der Waals surface area contributed by atoms with Crippen molar-refractivity contribution in [1.29, 1.82) is 5.26 Å². The van der Waals surface area contributed by atoms with Crippen molar-refractivity contribution in [3.8, 4) is 11.8 Å². The summed E-state index contributed by atoms with van der Waals surface area (Å²) < 4.78 is 7.60. The topological polar surface area (TPSA) is 62.1 Å². The van der Waals surface area contributed by atoms with E-state index >= 15 is 0 Å². The van der Waals surface area contributed by atoms with E-state index < -0.39 is 5.91 Å². The van der Waals surface area contributed by atoms with Crippen LogP contribution in [-0.4, -0.2) is 5.91 Å². The highest BCUT2D eigenvalue weighted by Crippen LogP contribution is 2.33. The van der Waals surface area contributed by atoms with E-state index in [4.69, 9.17) is 4.74 Å². The Kier molecular flexibility index (Phi) is 7.88. The van der Waals surface area contributed by atoms with Crippen LogP contribution in [0, 0.1) is 28.7 Å². The maximum atomic E-state index is 12.6.